The minimum atomic E-state index is -0.864. The van der Waals surface area contributed by atoms with Gasteiger partial charge in [0.05, 0.1) is 24.6 Å². The molecule has 1 aliphatic heterocycles. The third-order valence-corrected chi connectivity index (χ3v) is 6.41. The molecule has 3 aliphatic rings. The molecule has 148 valence electrons. The van der Waals surface area contributed by atoms with Crippen molar-refractivity contribution in [1.29, 1.82) is 0 Å². The molecular formula is C23H22N2O4. The molecule has 1 saturated heterocycles. The zero-order chi connectivity index (χ0) is 20.0. The van der Waals surface area contributed by atoms with Crippen LogP contribution >= 0.6 is 0 Å². The maximum absolute atomic E-state index is 13.2. The molecule has 3 amide bonds. The number of carbonyl (C=O) groups excluding carboxylic acids is 3. The molecule has 5 atom stereocenters. The second kappa shape index (κ2) is 7.03. The van der Waals surface area contributed by atoms with E-state index in [2.05, 4.69) is 17.5 Å². The van der Waals surface area contributed by atoms with Gasteiger partial charge in [-0.1, -0.05) is 42.5 Å². The maximum atomic E-state index is 13.2. The van der Waals surface area contributed by atoms with Crippen molar-refractivity contribution in [2.24, 2.45) is 23.7 Å². The van der Waals surface area contributed by atoms with E-state index in [0.717, 1.165) is 12.0 Å². The lowest BCUT2D eigenvalue weighted by Gasteiger charge is -2.27. The molecule has 2 aromatic rings. The molecule has 2 bridgehead atoms. The van der Waals surface area contributed by atoms with E-state index in [4.69, 9.17) is 4.42 Å². The Morgan fingerprint density at radius 2 is 1.72 bits per heavy atom. The number of carbonyl (C=O) groups is 3. The zero-order valence-corrected chi connectivity index (χ0v) is 15.9. The number of allylic oxidation sites excluding steroid dienone is 2. The summed E-state index contributed by atoms with van der Waals surface area (Å²) in [6.45, 7) is 0.215. The van der Waals surface area contributed by atoms with E-state index >= 15 is 0 Å². The summed E-state index contributed by atoms with van der Waals surface area (Å²) >= 11 is 0. The van der Waals surface area contributed by atoms with E-state index in [0.29, 0.717) is 12.2 Å². The van der Waals surface area contributed by atoms with Crippen LogP contribution in [-0.2, 0) is 27.3 Å². The van der Waals surface area contributed by atoms with Gasteiger partial charge in [-0.3, -0.25) is 19.3 Å². The van der Waals surface area contributed by atoms with E-state index in [1.807, 2.05) is 30.3 Å². The average molecular weight is 390 g/mol. The highest BCUT2D eigenvalue weighted by Crippen LogP contribution is 2.52. The van der Waals surface area contributed by atoms with Crippen LogP contribution in [-0.4, -0.2) is 28.7 Å². The van der Waals surface area contributed by atoms with E-state index in [1.54, 1.807) is 18.4 Å². The highest BCUT2D eigenvalue weighted by Gasteiger charge is 2.61. The first-order chi connectivity index (χ1) is 14.1. The van der Waals surface area contributed by atoms with E-state index < -0.39 is 6.04 Å². The van der Waals surface area contributed by atoms with Crippen molar-refractivity contribution in [1.82, 2.24) is 10.2 Å². The van der Waals surface area contributed by atoms with E-state index in [9.17, 15) is 14.4 Å². The van der Waals surface area contributed by atoms with Crippen LogP contribution in [0.2, 0.25) is 0 Å². The van der Waals surface area contributed by atoms with E-state index in [1.165, 1.54) is 4.90 Å². The molecule has 0 spiro atoms. The Hall–Kier alpha value is -3.15. The molecule has 6 heteroatoms. The van der Waals surface area contributed by atoms with Crippen LogP contribution in [0, 0.1) is 23.7 Å². The minimum absolute atomic E-state index is 0.120. The Kier molecular flexibility index (Phi) is 4.34. The lowest BCUT2D eigenvalue weighted by Crippen LogP contribution is -2.51. The number of rotatable bonds is 6. The molecule has 5 rings (SSSR count). The van der Waals surface area contributed by atoms with Gasteiger partial charge >= 0.3 is 0 Å². The van der Waals surface area contributed by atoms with Gasteiger partial charge in [-0.2, -0.15) is 0 Å². The largest absolute Gasteiger partial charge is 0.467 e. The monoisotopic (exact) mass is 390 g/mol. The Bertz CT molecular complexity index is 936. The van der Waals surface area contributed by atoms with Crippen LogP contribution in [0.4, 0.5) is 0 Å². The summed E-state index contributed by atoms with van der Waals surface area (Å²) in [5.41, 5.74) is 0.907. The molecule has 1 saturated carbocycles. The zero-order valence-electron chi connectivity index (χ0n) is 15.9. The summed E-state index contributed by atoms with van der Waals surface area (Å²) in [4.78, 5) is 40.8. The average Bonchev–Trinajstić information content (AvgIpc) is 3.51. The number of hydrogen-bond donors (Lipinski definition) is 1. The Balaban J connectivity index is 1.41. The standard InChI is InChI=1S/C23H22N2O4/c26-21(24-13-17-7-4-10-29-17)18(11-14-5-2-1-3-6-14)25-22(27)19-15-8-9-16(12-15)20(19)23(25)28/h1-10,15-16,18-20H,11-13H2,(H,24,26)/t15-,16-,18+,19-,20+/m0/s1. The van der Waals surface area contributed by atoms with Gasteiger partial charge in [-0.05, 0) is 36.0 Å². The van der Waals surface area contributed by atoms with Crippen molar-refractivity contribution in [3.8, 4) is 0 Å². The number of nitrogens with one attached hydrogen (secondary N) is 1. The van der Waals surface area contributed by atoms with Crippen LogP contribution in [0.1, 0.15) is 17.7 Å². The summed E-state index contributed by atoms with van der Waals surface area (Å²) in [6, 6.07) is 12.1. The summed E-state index contributed by atoms with van der Waals surface area (Å²) in [5, 5.41) is 2.83. The van der Waals surface area contributed by atoms with Gasteiger partial charge in [-0.25, -0.2) is 0 Å². The minimum Gasteiger partial charge on any atom is -0.467 e. The first kappa shape index (κ1) is 17.9. The Morgan fingerprint density at radius 1 is 1.03 bits per heavy atom. The predicted octanol–water partition coefficient (Wildman–Crippen LogP) is 2.31. The lowest BCUT2D eigenvalue weighted by molar-refractivity contribution is -0.148. The van der Waals surface area contributed by atoms with Crippen LogP contribution in [0.5, 0.6) is 0 Å². The topological polar surface area (TPSA) is 79.6 Å². The second-order valence-electron chi connectivity index (χ2n) is 8.05. The third kappa shape index (κ3) is 2.99. The second-order valence-corrected chi connectivity index (χ2v) is 8.05. The number of imide groups is 1. The first-order valence-corrected chi connectivity index (χ1v) is 10.0. The van der Waals surface area contributed by atoms with E-state index in [-0.39, 0.29) is 47.9 Å². The number of furan rings is 1. The molecule has 2 heterocycles. The molecule has 6 nitrogen and oxygen atoms in total. The van der Waals surface area contributed by atoms with Crippen LogP contribution in [0.3, 0.4) is 0 Å². The molecule has 1 aromatic carbocycles. The molecule has 1 aromatic heterocycles. The highest BCUT2D eigenvalue weighted by atomic mass is 16.3. The molecule has 2 aliphatic carbocycles. The third-order valence-electron chi connectivity index (χ3n) is 6.41. The summed E-state index contributed by atoms with van der Waals surface area (Å²) in [6.07, 6.45) is 6.83. The molecule has 0 unspecified atom stereocenters. The van der Waals surface area contributed by atoms with Gasteiger partial charge in [0.2, 0.25) is 17.7 Å². The summed E-state index contributed by atoms with van der Waals surface area (Å²) in [7, 11) is 0. The van der Waals surface area contributed by atoms with Gasteiger partial charge in [-0.15, -0.1) is 0 Å². The highest BCUT2D eigenvalue weighted by molar-refractivity contribution is 6.09. The molecule has 2 fully saturated rings. The van der Waals surface area contributed by atoms with Gasteiger partial charge in [0.25, 0.3) is 0 Å². The molecule has 1 N–H and O–H groups in total. The number of likely N-dealkylation sites (tertiary alicyclic amines) is 1. The number of benzene rings is 1. The molecule has 0 radical (unpaired) electrons. The fraction of sp³-hybridized carbons (Fsp3) is 0.348. The van der Waals surface area contributed by atoms with Crippen LogP contribution in [0.25, 0.3) is 0 Å². The van der Waals surface area contributed by atoms with Gasteiger partial charge < -0.3 is 9.73 Å². The van der Waals surface area contributed by atoms with Crippen molar-refractivity contribution < 1.29 is 18.8 Å². The van der Waals surface area contributed by atoms with Crippen LogP contribution in [0.15, 0.2) is 65.3 Å². The molecule has 29 heavy (non-hydrogen) atoms. The van der Waals surface area contributed by atoms with Crippen molar-refractivity contribution >= 4 is 17.7 Å². The number of fused-ring (bicyclic) bond motifs is 5. The van der Waals surface area contributed by atoms with Gasteiger partial charge in [0.15, 0.2) is 0 Å². The van der Waals surface area contributed by atoms with Crippen molar-refractivity contribution in [2.75, 3.05) is 0 Å². The van der Waals surface area contributed by atoms with Crippen molar-refractivity contribution in [2.45, 2.75) is 25.4 Å². The maximum Gasteiger partial charge on any atom is 0.244 e. The normalized spacial score (nSPS) is 28.1. The van der Waals surface area contributed by atoms with Crippen LogP contribution < -0.4 is 5.32 Å². The fourth-order valence-corrected chi connectivity index (χ4v) is 5.08. The predicted molar refractivity (Wildman–Crippen MR) is 104 cm³/mol. The Labute approximate surface area is 168 Å². The smallest absolute Gasteiger partial charge is 0.244 e. The quantitative estimate of drug-likeness (QED) is 0.606. The summed E-state index contributed by atoms with van der Waals surface area (Å²) in [5.74, 6) is -0.508. The number of amides is 3. The first-order valence-electron chi connectivity index (χ1n) is 10.0. The summed E-state index contributed by atoms with van der Waals surface area (Å²) < 4.78 is 5.28. The number of hydrogen-bond acceptors (Lipinski definition) is 4. The molecular weight excluding hydrogens is 368 g/mol. The van der Waals surface area contributed by atoms with Crippen molar-refractivity contribution in [3.05, 3.63) is 72.2 Å². The lowest BCUT2D eigenvalue weighted by atomic mass is 9.85. The number of nitrogens with zero attached hydrogens (tertiary/aromatic N) is 1. The van der Waals surface area contributed by atoms with Crippen molar-refractivity contribution in [3.63, 3.8) is 0 Å². The Morgan fingerprint density at radius 3 is 2.34 bits per heavy atom. The van der Waals surface area contributed by atoms with Gasteiger partial charge in [0, 0.05) is 6.42 Å². The fourth-order valence-electron chi connectivity index (χ4n) is 5.08. The van der Waals surface area contributed by atoms with Gasteiger partial charge in [0.1, 0.15) is 11.8 Å². The SMILES string of the molecule is O=C(NCc1ccco1)[C@@H](Cc1ccccc1)N1C(=O)[C@@H]2[C@H](C1=O)[C@H]1C=C[C@H]2C1.